The highest BCUT2D eigenvalue weighted by molar-refractivity contribution is 6.75. The second-order valence-electron chi connectivity index (χ2n) is 11.6. The van der Waals surface area contributed by atoms with Crippen molar-refractivity contribution in [3.8, 4) is 11.5 Å². The average Bonchev–Trinajstić information content (AvgIpc) is 2.94. The molecule has 1 heterocycles. The van der Waals surface area contributed by atoms with Crippen LogP contribution in [0.25, 0.3) is 0 Å². The second kappa shape index (κ2) is 8.58. The molecular weight excluding hydrogens is 412 g/mol. The maximum atomic E-state index is 10.2. The fraction of sp³-hybridized carbons (Fsp3) is 0.739. The topological polar surface area (TPSA) is 68.2 Å². The summed E-state index contributed by atoms with van der Waals surface area (Å²) < 4.78 is 19.2. The first-order valence-electron chi connectivity index (χ1n) is 10.9. The van der Waals surface area contributed by atoms with Crippen LogP contribution >= 0.6 is 0 Å². The van der Waals surface area contributed by atoms with E-state index in [-0.39, 0.29) is 22.8 Å². The third-order valence-electron chi connectivity index (χ3n) is 7.09. The van der Waals surface area contributed by atoms with Gasteiger partial charge in [0.05, 0.1) is 18.8 Å². The zero-order chi connectivity index (χ0) is 23.1. The molecule has 172 valence electrons. The predicted octanol–water partition coefficient (Wildman–Crippen LogP) is 5.64. The quantitative estimate of drug-likeness (QED) is 0.545. The van der Waals surface area contributed by atoms with Gasteiger partial charge in [-0.15, -0.1) is 0 Å². The molecule has 0 aliphatic carbocycles. The molecule has 0 unspecified atom stereocenters. The molecule has 1 aromatic carbocycles. The summed E-state index contributed by atoms with van der Waals surface area (Å²) in [6, 6.07) is 6.00. The van der Waals surface area contributed by atoms with Crippen LogP contribution in [-0.2, 0) is 4.74 Å². The summed E-state index contributed by atoms with van der Waals surface area (Å²) in [4.78, 5) is 0. The molecule has 1 fully saturated rings. The molecule has 0 saturated carbocycles. The van der Waals surface area contributed by atoms with Gasteiger partial charge in [-0.2, -0.15) is 0 Å². The van der Waals surface area contributed by atoms with Crippen molar-refractivity contribution in [2.75, 3.05) is 6.61 Å². The second-order valence-corrected chi connectivity index (χ2v) is 21.0. The molecule has 0 radical (unpaired) electrons. The lowest BCUT2D eigenvalue weighted by molar-refractivity contribution is -0.0225. The molecule has 2 N–H and O–H groups in total. The van der Waals surface area contributed by atoms with E-state index in [0.717, 1.165) is 17.1 Å². The summed E-state index contributed by atoms with van der Waals surface area (Å²) in [7, 11) is -4.13. The van der Waals surface area contributed by atoms with E-state index < -0.39 is 28.8 Å². The van der Waals surface area contributed by atoms with Crippen molar-refractivity contribution in [1.82, 2.24) is 0 Å². The lowest BCUT2D eigenvalue weighted by Gasteiger charge is -2.40. The van der Waals surface area contributed by atoms with Gasteiger partial charge in [0.25, 0.3) is 16.6 Å². The molecule has 0 aromatic heterocycles. The monoisotopic (exact) mass is 454 g/mol. The SMILES string of the molecule is CC(C)(C)[Si](C)(C)Oc1ccc([C@H]2C[C@H](O)[C@@H](CO)O2)cc1O[Si](C)(C)C(C)(C)C. The van der Waals surface area contributed by atoms with E-state index in [9.17, 15) is 10.2 Å². The van der Waals surface area contributed by atoms with Gasteiger partial charge < -0.3 is 23.8 Å². The van der Waals surface area contributed by atoms with Crippen molar-refractivity contribution in [2.24, 2.45) is 0 Å². The summed E-state index contributed by atoms with van der Waals surface area (Å²) in [5.74, 6) is 1.54. The van der Waals surface area contributed by atoms with Crippen molar-refractivity contribution in [3.05, 3.63) is 23.8 Å². The summed E-state index contributed by atoms with van der Waals surface area (Å²) in [6.45, 7) is 22.1. The molecule has 5 nitrogen and oxygen atoms in total. The number of ether oxygens (including phenoxy) is 1. The van der Waals surface area contributed by atoms with Crippen molar-refractivity contribution >= 4 is 16.6 Å². The van der Waals surface area contributed by atoms with Crippen LogP contribution in [0.4, 0.5) is 0 Å². The van der Waals surface area contributed by atoms with Gasteiger partial charge in [0.1, 0.15) is 17.6 Å². The number of rotatable bonds is 6. The first-order valence-corrected chi connectivity index (χ1v) is 16.8. The van der Waals surface area contributed by atoms with Gasteiger partial charge in [0, 0.05) is 6.42 Å². The van der Waals surface area contributed by atoms with E-state index in [0.29, 0.717) is 6.42 Å². The van der Waals surface area contributed by atoms with Crippen LogP contribution in [0.2, 0.25) is 36.3 Å². The molecule has 2 rings (SSSR count). The normalized spacial score (nSPS) is 23.5. The van der Waals surface area contributed by atoms with E-state index in [4.69, 9.17) is 13.6 Å². The highest BCUT2D eigenvalue weighted by atomic mass is 28.4. The number of aliphatic hydroxyl groups excluding tert-OH is 2. The lowest BCUT2D eigenvalue weighted by Crippen LogP contribution is -2.45. The van der Waals surface area contributed by atoms with Gasteiger partial charge >= 0.3 is 0 Å². The van der Waals surface area contributed by atoms with Crippen molar-refractivity contribution in [1.29, 1.82) is 0 Å². The van der Waals surface area contributed by atoms with E-state index in [2.05, 4.69) is 67.7 Å². The summed E-state index contributed by atoms with van der Waals surface area (Å²) in [6.07, 6.45) is -0.996. The summed E-state index contributed by atoms with van der Waals surface area (Å²) >= 11 is 0. The fourth-order valence-electron chi connectivity index (χ4n) is 2.85. The Morgan fingerprint density at radius 1 is 0.933 bits per heavy atom. The third kappa shape index (κ3) is 5.48. The third-order valence-corrected chi connectivity index (χ3v) is 15.8. The minimum absolute atomic E-state index is 0.0548. The van der Waals surface area contributed by atoms with Gasteiger partial charge in [0.15, 0.2) is 0 Å². The molecule has 7 heteroatoms. The molecule has 1 aromatic rings. The molecule has 0 spiro atoms. The van der Waals surface area contributed by atoms with Crippen molar-refractivity contribution in [3.63, 3.8) is 0 Å². The fourth-order valence-corrected chi connectivity index (χ4v) is 4.89. The lowest BCUT2D eigenvalue weighted by atomic mass is 10.0. The first kappa shape index (κ1) is 25.4. The number of hydrogen-bond donors (Lipinski definition) is 2. The van der Waals surface area contributed by atoms with Crippen LogP contribution < -0.4 is 8.85 Å². The molecule has 0 amide bonds. The van der Waals surface area contributed by atoms with Crippen molar-refractivity contribution in [2.45, 2.75) is 103 Å². The van der Waals surface area contributed by atoms with E-state index in [1.165, 1.54) is 0 Å². The first-order chi connectivity index (χ1) is 13.5. The number of aliphatic hydroxyl groups is 2. The maximum absolute atomic E-state index is 10.2. The van der Waals surface area contributed by atoms with Crippen LogP contribution in [0.5, 0.6) is 11.5 Å². The molecule has 3 atom stereocenters. The van der Waals surface area contributed by atoms with Crippen LogP contribution in [0.1, 0.15) is 59.6 Å². The van der Waals surface area contributed by atoms with Gasteiger partial charge in [-0.05, 0) is 54.0 Å². The largest absolute Gasteiger partial charge is 0.541 e. The van der Waals surface area contributed by atoms with Crippen LogP contribution in [0, 0.1) is 0 Å². The van der Waals surface area contributed by atoms with Gasteiger partial charge in [-0.3, -0.25) is 0 Å². The Morgan fingerprint density at radius 2 is 1.43 bits per heavy atom. The number of hydrogen-bond acceptors (Lipinski definition) is 5. The predicted molar refractivity (Wildman–Crippen MR) is 127 cm³/mol. The zero-order valence-electron chi connectivity index (χ0n) is 20.5. The van der Waals surface area contributed by atoms with Crippen LogP contribution in [0.15, 0.2) is 18.2 Å². The van der Waals surface area contributed by atoms with Gasteiger partial charge in [-0.25, -0.2) is 0 Å². The Bertz CT molecular complexity index is 734. The molecule has 30 heavy (non-hydrogen) atoms. The Hall–Kier alpha value is -0.866. The van der Waals surface area contributed by atoms with E-state index >= 15 is 0 Å². The van der Waals surface area contributed by atoms with Gasteiger partial charge in [-0.1, -0.05) is 47.6 Å². The molecular formula is C23H42O5Si2. The van der Waals surface area contributed by atoms with Crippen LogP contribution in [-0.4, -0.2) is 45.7 Å². The van der Waals surface area contributed by atoms with Crippen molar-refractivity contribution < 1.29 is 23.8 Å². The highest BCUT2D eigenvalue weighted by Crippen LogP contribution is 2.45. The zero-order valence-corrected chi connectivity index (χ0v) is 22.5. The van der Waals surface area contributed by atoms with E-state index in [1.807, 2.05) is 18.2 Å². The summed E-state index contributed by atoms with van der Waals surface area (Å²) in [5, 5.41) is 19.7. The Labute approximate surface area is 185 Å². The molecule has 1 saturated heterocycles. The maximum Gasteiger partial charge on any atom is 0.250 e. The minimum atomic E-state index is -2.09. The molecule has 1 aliphatic heterocycles. The molecule has 1 aliphatic rings. The molecule has 0 bridgehead atoms. The Morgan fingerprint density at radius 3 is 1.87 bits per heavy atom. The number of benzene rings is 1. The highest BCUT2D eigenvalue weighted by Gasteiger charge is 2.42. The van der Waals surface area contributed by atoms with E-state index in [1.54, 1.807) is 0 Å². The Balaban J connectivity index is 2.44. The van der Waals surface area contributed by atoms with Crippen LogP contribution in [0.3, 0.4) is 0 Å². The Kier molecular flexibility index (Phi) is 7.26. The van der Waals surface area contributed by atoms with Gasteiger partial charge in [0.2, 0.25) is 0 Å². The standard InChI is InChI=1S/C23H42O5Si2/c1-22(2,3)29(7,8)27-18-12-11-16(19-14-17(25)21(15-24)26-19)13-20(18)28-30(9,10)23(4,5)6/h11-13,17,19,21,24-25H,14-15H2,1-10H3/t17-,19+,21+/m0/s1. The smallest absolute Gasteiger partial charge is 0.250 e. The minimum Gasteiger partial charge on any atom is -0.541 e. The average molecular weight is 455 g/mol. The summed E-state index contributed by atoms with van der Waals surface area (Å²) in [5.41, 5.74) is 0.946.